The van der Waals surface area contributed by atoms with E-state index in [1.54, 1.807) is 0 Å². The van der Waals surface area contributed by atoms with Gasteiger partial charge in [-0.3, -0.25) is 14.4 Å². The summed E-state index contributed by atoms with van der Waals surface area (Å²) in [4.78, 5) is 48.8. The first kappa shape index (κ1) is 15.1. The number of imide groups is 1. The molecule has 1 aliphatic heterocycles. The molecular formula is C11H16N2O6. The molecule has 8 nitrogen and oxygen atoms in total. The Bertz CT molecular complexity index is 365. The second-order valence-electron chi connectivity index (χ2n) is 3.89. The standard InChI is InChI=1S/C11H16N2O6/c1-8(14)12-5-7-18-6-4-11(17)19-13-9(15)2-3-10(13)16/h2-7H2,1H3,(H,12,14). The zero-order valence-corrected chi connectivity index (χ0v) is 10.6. The van der Waals surface area contributed by atoms with Crippen LogP contribution in [0.25, 0.3) is 0 Å². The zero-order valence-electron chi connectivity index (χ0n) is 10.6. The molecule has 1 rings (SSSR count). The Kier molecular flexibility index (Phi) is 5.94. The van der Waals surface area contributed by atoms with Gasteiger partial charge in [-0.25, -0.2) is 4.79 Å². The number of hydroxylamine groups is 2. The number of carbonyl (C=O) groups is 4. The van der Waals surface area contributed by atoms with Crippen LogP contribution in [-0.2, 0) is 28.8 Å². The van der Waals surface area contributed by atoms with E-state index < -0.39 is 17.8 Å². The molecular weight excluding hydrogens is 256 g/mol. The number of amides is 3. The first-order valence-corrected chi connectivity index (χ1v) is 5.89. The molecule has 1 aliphatic rings. The molecule has 0 aliphatic carbocycles. The highest BCUT2D eigenvalue weighted by molar-refractivity contribution is 6.01. The van der Waals surface area contributed by atoms with E-state index in [0.29, 0.717) is 11.6 Å². The number of ether oxygens (including phenoxy) is 1. The third-order valence-corrected chi connectivity index (χ3v) is 2.27. The minimum atomic E-state index is -0.705. The molecule has 0 aromatic rings. The lowest BCUT2D eigenvalue weighted by Crippen LogP contribution is -2.32. The van der Waals surface area contributed by atoms with Crippen LogP contribution in [0, 0.1) is 0 Å². The lowest BCUT2D eigenvalue weighted by molar-refractivity contribution is -0.198. The molecule has 0 aromatic carbocycles. The van der Waals surface area contributed by atoms with Gasteiger partial charge in [-0.2, -0.15) is 0 Å². The predicted octanol–water partition coefficient (Wildman–Crippen LogP) is -0.864. The zero-order chi connectivity index (χ0) is 14.3. The van der Waals surface area contributed by atoms with E-state index in [-0.39, 0.29) is 38.4 Å². The molecule has 3 amide bonds. The van der Waals surface area contributed by atoms with Crippen LogP contribution in [-0.4, -0.2) is 48.5 Å². The summed E-state index contributed by atoms with van der Waals surface area (Å²) in [5.74, 6) is -1.88. The van der Waals surface area contributed by atoms with Gasteiger partial charge in [0.15, 0.2) is 0 Å². The van der Waals surface area contributed by atoms with E-state index in [9.17, 15) is 19.2 Å². The second kappa shape index (κ2) is 7.47. The number of nitrogens with one attached hydrogen (secondary N) is 1. The third kappa shape index (κ3) is 5.47. The molecule has 0 spiro atoms. The van der Waals surface area contributed by atoms with Crippen molar-refractivity contribution in [1.29, 1.82) is 0 Å². The third-order valence-electron chi connectivity index (χ3n) is 2.27. The summed E-state index contributed by atoms with van der Waals surface area (Å²) in [6, 6.07) is 0. The van der Waals surface area contributed by atoms with Crippen LogP contribution in [0.3, 0.4) is 0 Å². The van der Waals surface area contributed by atoms with Gasteiger partial charge in [-0.15, -0.1) is 5.06 Å². The van der Waals surface area contributed by atoms with E-state index in [2.05, 4.69) is 10.2 Å². The lowest BCUT2D eigenvalue weighted by atomic mass is 10.4. The minimum absolute atomic E-state index is 0.0688. The second-order valence-corrected chi connectivity index (χ2v) is 3.89. The minimum Gasteiger partial charge on any atom is -0.379 e. The Morgan fingerprint density at radius 3 is 2.42 bits per heavy atom. The average molecular weight is 272 g/mol. The van der Waals surface area contributed by atoms with Crippen molar-refractivity contribution < 1.29 is 28.8 Å². The fraction of sp³-hybridized carbons (Fsp3) is 0.636. The van der Waals surface area contributed by atoms with Gasteiger partial charge in [-0.05, 0) is 0 Å². The summed E-state index contributed by atoms with van der Waals surface area (Å²) >= 11 is 0. The molecule has 0 radical (unpaired) electrons. The molecule has 0 atom stereocenters. The summed E-state index contributed by atoms with van der Waals surface area (Å²) in [6.45, 7) is 2.11. The highest BCUT2D eigenvalue weighted by Crippen LogP contribution is 2.12. The molecule has 1 N–H and O–H groups in total. The van der Waals surface area contributed by atoms with Gasteiger partial charge in [0.25, 0.3) is 11.8 Å². The summed E-state index contributed by atoms with van der Waals surface area (Å²) in [7, 11) is 0. The van der Waals surface area contributed by atoms with Crippen molar-refractivity contribution in [3.8, 4) is 0 Å². The van der Waals surface area contributed by atoms with Crippen LogP contribution >= 0.6 is 0 Å². The van der Waals surface area contributed by atoms with E-state index in [1.165, 1.54) is 6.92 Å². The maximum absolute atomic E-state index is 11.3. The van der Waals surface area contributed by atoms with Gasteiger partial charge < -0.3 is 14.9 Å². The number of nitrogens with zero attached hydrogens (tertiary/aromatic N) is 1. The summed E-state index contributed by atoms with van der Waals surface area (Å²) in [5.41, 5.74) is 0. The Labute approximate surface area is 110 Å². The van der Waals surface area contributed by atoms with Crippen LogP contribution < -0.4 is 5.32 Å². The summed E-state index contributed by atoms with van der Waals surface area (Å²) in [5, 5.41) is 3.03. The van der Waals surface area contributed by atoms with Crippen LogP contribution in [0.1, 0.15) is 26.2 Å². The number of rotatable bonds is 7. The quantitative estimate of drug-likeness (QED) is 0.478. The first-order chi connectivity index (χ1) is 9.00. The first-order valence-electron chi connectivity index (χ1n) is 5.89. The smallest absolute Gasteiger partial charge is 0.335 e. The largest absolute Gasteiger partial charge is 0.379 e. The topological polar surface area (TPSA) is 102 Å². The molecule has 19 heavy (non-hydrogen) atoms. The fourth-order valence-electron chi connectivity index (χ4n) is 1.36. The van der Waals surface area contributed by atoms with Gasteiger partial charge >= 0.3 is 5.97 Å². The average Bonchev–Trinajstić information content (AvgIpc) is 2.65. The van der Waals surface area contributed by atoms with Crippen molar-refractivity contribution in [2.75, 3.05) is 19.8 Å². The van der Waals surface area contributed by atoms with Crippen molar-refractivity contribution in [2.45, 2.75) is 26.2 Å². The van der Waals surface area contributed by atoms with Gasteiger partial charge in [0, 0.05) is 26.3 Å². The maximum atomic E-state index is 11.3. The molecule has 0 saturated carbocycles. The molecule has 1 saturated heterocycles. The Balaban J connectivity index is 2.10. The van der Waals surface area contributed by atoms with E-state index in [0.717, 1.165) is 0 Å². The summed E-state index contributed by atoms with van der Waals surface area (Å²) < 4.78 is 5.07. The Morgan fingerprint density at radius 2 is 1.84 bits per heavy atom. The SMILES string of the molecule is CC(=O)NCCOCCC(=O)ON1C(=O)CCC1=O. The molecule has 0 aromatic heterocycles. The number of hydrogen-bond acceptors (Lipinski definition) is 6. The van der Waals surface area contributed by atoms with Gasteiger partial charge in [-0.1, -0.05) is 0 Å². The lowest BCUT2D eigenvalue weighted by Gasteiger charge is -2.12. The van der Waals surface area contributed by atoms with Gasteiger partial charge in [0.05, 0.1) is 19.6 Å². The van der Waals surface area contributed by atoms with Crippen molar-refractivity contribution in [1.82, 2.24) is 10.4 Å². The van der Waals surface area contributed by atoms with Gasteiger partial charge in [0.2, 0.25) is 5.91 Å². The molecule has 8 heteroatoms. The van der Waals surface area contributed by atoms with Crippen LogP contribution in [0.5, 0.6) is 0 Å². The van der Waals surface area contributed by atoms with Gasteiger partial charge in [0.1, 0.15) is 0 Å². The normalized spacial score (nSPS) is 14.7. The molecule has 106 valence electrons. The molecule has 0 unspecified atom stereocenters. The number of carbonyl (C=O) groups excluding carboxylic acids is 4. The maximum Gasteiger partial charge on any atom is 0.335 e. The molecule has 1 heterocycles. The van der Waals surface area contributed by atoms with Crippen molar-refractivity contribution in [3.63, 3.8) is 0 Å². The van der Waals surface area contributed by atoms with E-state index >= 15 is 0 Å². The van der Waals surface area contributed by atoms with Crippen LogP contribution in [0.2, 0.25) is 0 Å². The Hall–Kier alpha value is -1.96. The van der Waals surface area contributed by atoms with E-state index in [1.807, 2.05) is 0 Å². The highest BCUT2D eigenvalue weighted by Gasteiger charge is 2.32. The van der Waals surface area contributed by atoms with Crippen LogP contribution in [0.15, 0.2) is 0 Å². The van der Waals surface area contributed by atoms with Crippen molar-refractivity contribution in [2.24, 2.45) is 0 Å². The summed E-state index contributed by atoms with van der Waals surface area (Å²) in [6.07, 6.45) is 0.0653. The monoisotopic (exact) mass is 272 g/mol. The van der Waals surface area contributed by atoms with Crippen molar-refractivity contribution >= 4 is 23.7 Å². The fourth-order valence-corrected chi connectivity index (χ4v) is 1.36. The van der Waals surface area contributed by atoms with Crippen molar-refractivity contribution in [3.05, 3.63) is 0 Å². The molecule has 0 bridgehead atoms. The molecule has 1 fully saturated rings. The number of hydrogen-bond donors (Lipinski definition) is 1. The predicted molar refractivity (Wildman–Crippen MR) is 61.3 cm³/mol. The van der Waals surface area contributed by atoms with Crippen LogP contribution in [0.4, 0.5) is 0 Å². The Morgan fingerprint density at radius 1 is 1.21 bits per heavy atom. The highest BCUT2D eigenvalue weighted by atomic mass is 16.7. The van der Waals surface area contributed by atoms with E-state index in [4.69, 9.17) is 4.74 Å².